The summed E-state index contributed by atoms with van der Waals surface area (Å²) in [5.41, 5.74) is 1.41. The van der Waals surface area contributed by atoms with Crippen molar-refractivity contribution in [1.82, 2.24) is 0 Å². The first-order chi connectivity index (χ1) is 7.26. The van der Waals surface area contributed by atoms with Gasteiger partial charge in [-0.05, 0) is 12.5 Å². The predicted molar refractivity (Wildman–Crippen MR) is 53.6 cm³/mol. The van der Waals surface area contributed by atoms with E-state index in [1.54, 1.807) is 31.2 Å². The zero-order chi connectivity index (χ0) is 11.1. The van der Waals surface area contributed by atoms with Crippen molar-refractivity contribution in [2.24, 2.45) is 0 Å². The Hall–Kier alpha value is -1.84. The molecular formula is C11H12O4. The molecule has 1 aromatic rings. The molecule has 4 nitrogen and oxygen atoms in total. The molecule has 1 aromatic carbocycles. The van der Waals surface area contributed by atoms with Gasteiger partial charge in [0.15, 0.2) is 0 Å². The van der Waals surface area contributed by atoms with E-state index < -0.39 is 6.16 Å². The number of aldehydes is 1. The Labute approximate surface area is 87.8 Å². The van der Waals surface area contributed by atoms with Crippen LogP contribution < -0.4 is 0 Å². The van der Waals surface area contributed by atoms with Crippen LogP contribution in [0.2, 0.25) is 0 Å². The molecule has 0 heterocycles. The fourth-order valence-electron chi connectivity index (χ4n) is 0.994. The summed E-state index contributed by atoms with van der Waals surface area (Å²) in [5, 5.41) is 0. The number of benzene rings is 1. The minimum atomic E-state index is -0.683. The molecule has 0 saturated carbocycles. The largest absolute Gasteiger partial charge is 0.508 e. The summed E-state index contributed by atoms with van der Waals surface area (Å²) in [6, 6.07) is 6.78. The molecule has 0 aliphatic carbocycles. The fraction of sp³-hybridized carbons (Fsp3) is 0.273. The van der Waals surface area contributed by atoms with Crippen molar-refractivity contribution in [3.8, 4) is 0 Å². The summed E-state index contributed by atoms with van der Waals surface area (Å²) in [4.78, 5) is 21.2. The topological polar surface area (TPSA) is 52.6 Å². The molecule has 0 spiro atoms. The second kappa shape index (κ2) is 5.80. The van der Waals surface area contributed by atoms with Crippen molar-refractivity contribution in [1.29, 1.82) is 0 Å². The minimum absolute atomic E-state index is 0.151. The molecule has 1 rings (SSSR count). The van der Waals surface area contributed by atoms with Crippen LogP contribution in [0.15, 0.2) is 24.3 Å². The van der Waals surface area contributed by atoms with Crippen LogP contribution in [0.3, 0.4) is 0 Å². The lowest BCUT2D eigenvalue weighted by molar-refractivity contribution is 0.0536. The van der Waals surface area contributed by atoms with Crippen LogP contribution in [0.4, 0.5) is 4.79 Å². The highest BCUT2D eigenvalue weighted by atomic mass is 16.7. The molecule has 80 valence electrons. The highest BCUT2D eigenvalue weighted by Crippen LogP contribution is 2.04. The molecule has 0 saturated heterocycles. The molecule has 0 aliphatic rings. The van der Waals surface area contributed by atoms with Crippen LogP contribution in [0.25, 0.3) is 0 Å². The van der Waals surface area contributed by atoms with Gasteiger partial charge in [0.25, 0.3) is 0 Å². The molecule has 0 bridgehead atoms. The third kappa shape index (κ3) is 3.81. The Bertz CT molecular complexity index is 329. The van der Waals surface area contributed by atoms with E-state index >= 15 is 0 Å². The van der Waals surface area contributed by atoms with Gasteiger partial charge in [0, 0.05) is 5.56 Å². The van der Waals surface area contributed by atoms with Gasteiger partial charge in [0.05, 0.1) is 6.61 Å². The Morgan fingerprint density at radius 3 is 2.47 bits per heavy atom. The van der Waals surface area contributed by atoms with Gasteiger partial charge in [-0.15, -0.1) is 0 Å². The van der Waals surface area contributed by atoms with Crippen LogP contribution in [0, 0.1) is 0 Å². The van der Waals surface area contributed by atoms with E-state index in [2.05, 4.69) is 4.74 Å². The molecule has 0 N–H and O–H groups in total. The lowest BCUT2D eigenvalue weighted by atomic mass is 10.2. The van der Waals surface area contributed by atoms with Gasteiger partial charge in [0.2, 0.25) is 0 Å². The minimum Gasteiger partial charge on any atom is -0.435 e. The smallest absolute Gasteiger partial charge is 0.435 e. The standard InChI is InChI=1S/C11H12O4/c1-2-14-11(13)15-8-10-5-3-9(7-12)4-6-10/h3-7H,2,8H2,1H3. The molecule has 0 aliphatic heterocycles. The zero-order valence-corrected chi connectivity index (χ0v) is 8.43. The molecule has 0 radical (unpaired) electrons. The first-order valence-corrected chi connectivity index (χ1v) is 4.60. The van der Waals surface area contributed by atoms with Crippen molar-refractivity contribution < 1.29 is 19.1 Å². The number of hydrogen-bond acceptors (Lipinski definition) is 4. The molecule has 0 unspecified atom stereocenters. The average Bonchev–Trinajstić information content (AvgIpc) is 2.27. The van der Waals surface area contributed by atoms with Crippen molar-refractivity contribution in [3.63, 3.8) is 0 Å². The van der Waals surface area contributed by atoms with Gasteiger partial charge in [0.1, 0.15) is 12.9 Å². The lowest BCUT2D eigenvalue weighted by Gasteiger charge is -2.04. The van der Waals surface area contributed by atoms with E-state index in [4.69, 9.17) is 4.74 Å². The Balaban J connectivity index is 2.44. The quantitative estimate of drug-likeness (QED) is 0.562. The third-order valence-corrected chi connectivity index (χ3v) is 1.73. The van der Waals surface area contributed by atoms with Crippen molar-refractivity contribution >= 4 is 12.4 Å². The van der Waals surface area contributed by atoms with Gasteiger partial charge in [-0.25, -0.2) is 4.79 Å². The van der Waals surface area contributed by atoms with Gasteiger partial charge in [-0.3, -0.25) is 4.79 Å². The van der Waals surface area contributed by atoms with Gasteiger partial charge in [-0.1, -0.05) is 24.3 Å². The maximum atomic E-state index is 10.8. The van der Waals surface area contributed by atoms with Crippen LogP contribution in [-0.2, 0) is 16.1 Å². The Morgan fingerprint density at radius 1 is 1.27 bits per heavy atom. The van der Waals surface area contributed by atoms with Crippen molar-refractivity contribution in [3.05, 3.63) is 35.4 Å². The number of ether oxygens (including phenoxy) is 2. The first kappa shape index (κ1) is 11.2. The predicted octanol–water partition coefficient (Wildman–Crippen LogP) is 2.17. The molecular weight excluding hydrogens is 196 g/mol. The second-order valence-electron chi connectivity index (χ2n) is 2.83. The molecule has 0 aromatic heterocycles. The lowest BCUT2D eigenvalue weighted by Crippen LogP contribution is -2.06. The monoisotopic (exact) mass is 208 g/mol. The SMILES string of the molecule is CCOC(=O)OCc1ccc(C=O)cc1. The molecule has 0 fully saturated rings. The van der Waals surface area contributed by atoms with E-state index in [1.165, 1.54) is 0 Å². The first-order valence-electron chi connectivity index (χ1n) is 4.60. The van der Waals surface area contributed by atoms with E-state index in [9.17, 15) is 9.59 Å². The average molecular weight is 208 g/mol. The Morgan fingerprint density at radius 2 is 1.93 bits per heavy atom. The molecule has 0 amide bonds. The van der Waals surface area contributed by atoms with Crippen molar-refractivity contribution in [2.75, 3.05) is 6.61 Å². The van der Waals surface area contributed by atoms with Gasteiger partial charge in [-0.2, -0.15) is 0 Å². The third-order valence-electron chi connectivity index (χ3n) is 1.73. The van der Waals surface area contributed by atoms with Crippen LogP contribution >= 0.6 is 0 Å². The van der Waals surface area contributed by atoms with E-state index in [0.717, 1.165) is 11.8 Å². The maximum absolute atomic E-state index is 10.8. The van der Waals surface area contributed by atoms with Crippen LogP contribution in [-0.4, -0.2) is 19.0 Å². The summed E-state index contributed by atoms with van der Waals surface area (Å²) >= 11 is 0. The number of rotatable bonds is 4. The Kier molecular flexibility index (Phi) is 4.34. The summed E-state index contributed by atoms with van der Waals surface area (Å²) in [7, 11) is 0. The van der Waals surface area contributed by atoms with Gasteiger partial charge < -0.3 is 9.47 Å². The highest BCUT2D eigenvalue weighted by molar-refractivity contribution is 5.74. The summed E-state index contributed by atoms with van der Waals surface area (Å²) in [5.74, 6) is 0. The highest BCUT2D eigenvalue weighted by Gasteiger charge is 2.02. The zero-order valence-electron chi connectivity index (χ0n) is 8.43. The van der Waals surface area contributed by atoms with E-state index in [0.29, 0.717) is 12.2 Å². The fourth-order valence-corrected chi connectivity index (χ4v) is 0.994. The van der Waals surface area contributed by atoms with E-state index in [-0.39, 0.29) is 6.61 Å². The number of carbonyl (C=O) groups excluding carboxylic acids is 2. The number of hydrogen-bond donors (Lipinski definition) is 0. The normalized spacial score (nSPS) is 9.40. The van der Waals surface area contributed by atoms with Crippen molar-refractivity contribution in [2.45, 2.75) is 13.5 Å². The number of carbonyl (C=O) groups is 2. The summed E-state index contributed by atoms with van der Waals surface area (Å²) in [6.45, 7) is 2.15. The second-order valence-corrected chi connectivity index (χ2v) is 2.83. The maximum Gasteiger partial charge on any atom is 0.508 e. The molecule has 15 heavy (non-hydrogen) atoms. The molecule has 4 heteroatoms. The summed E-state index contributed by atoms with van der Waals surface area (Å²) in [6.07, 6.45) is 0.0765. The van der Waals surface area contributed by atoms with E-state index in [1.807, 2.05) is 0 Å². The summed E-state index contributed by atoms with van der Waals surface area (Å²) < 4.78 is 9.38. The van der Waals surface area contributed by atoms with Gasteiger partial charge >= 0.3 is 6.16 Å². The van der Waals surface area contributed by atoms with Crippen LogP contribution in [0.5, 0.6) is 0 Å². The molecule has 0 atom stereocenters. The van der Waals surface area contributed by atoms with Crippen LogP contribution in [0.1, 0.15) is 22.8 Å².